The van der Waals surface area contributed by atoms with Gasteiger partial charge in [0.15, 0.2) is 0 Å². The number of hydrogen-bond acceptors (Lipinski definition) is 2. The highest BCUT2D eigenvalue weighted by Gasteiger charge is 2.22. The van der Waals surface area contributed by atoms with E-state index >= 15 is 0 Å². The second-order valence-corrected chi connectivity index (χ2v) is 7.64. The first kappa shape index (κ1) is 19.6. The molecule has 0 amide bonds. The Hall–Kier alpha value is -0.760. The van der Waals surface area contributed by atoms with E-state index in [0.717, 1.165) is 19.0 Å². The van der Waals surface area contributed by atoms with Crippen LogP contribution in [0, 0.1) is 0 Å². The Morgan fingerprint density at radius 3 is 2.71 bits per heavy atom. The van der Waals surface area contributed by atoms with Crippen LogP contribution >= 0.6 is 0 Å². The van der Waals surface area contributed by atoms with Crippen molar-refractivity contribution in [1.29, 1.82) is 0 Å². The van der Waals surface area contributed by atoms with Crippen molar-refractivity contribution in [3.05, 3.63) is 23.4 Å². The molecule has 1 fully saturated rings. The van der Waals surface area contributed by atoms with E-state index in [1.165, 1.54) is 89.4 Å². The van der Waals surface area contributed by atoms with Crippen LogP contribution in [-0.4, -0.2) is 30.6 Å². The zero-order chi connectivity index (χ0) is 17.0. The molecule has 2 rings (SSSR count). The van der Waals surface area contributed by atoms with Crippen molar-refractivity contribution in [3.63, 3.8) is 0 Å². The third-order valence-corrected chi connectivity index (χ3v) is 5.75. The maximum absolute atomic E-state index is 3.63. The monoisotopic (exact) mass is 332 g/mol. The Kier molecular flexibility index (Phi) is 9.57. The van der Waals surface area contributed by atoms with Gasteiger partial charge in [0.1, 0.15) is 0 Å². The minimum atomic E-state index is 0.844. The third-order valence-electron chi connectivity index (χ3n) is 5.75. The van der Waals surface area contributed by atoms with Crippen LogP contribution in [-0.2, 0) is 0 Å². The molecule has 138 valence electrons. The van der Waals surface area contributed by atoms with E-state index in [4.69, 9.17) is 0 Å². The van der Waals surface area contributed by atoms with Crippen LogP contribution in [0.15, 0.2) is 23.4 Å². The van der Waals surface area contributed by atoms with Crippen LogP contribution in [0.4, 0.5) is 0 Å². The number of rotatable bonds is 10. The molecule has 2 aliphatic rings. The lowest BCUT2D eigenvalue weighted by molar-refractivity contribution is 0.152. The molecule has 2 nitrogen and oxygen atoms in total. The van der Waals surface area contributed by atoms with Crippen LogP contribution in [0.1, 0.15) is 90.9 Å². The molecule has 24 heavy (non-hydrogen) atoms. The Labute approximate surface area is 150 Å². The van der Waals surface area contributed by atoms with Gasteiger partial charge in [-0.3, -0.25) is 0 Å². The summed E-state index contributed by atoms with van der Waals surface area (Å²) in [6.07, 6.45) is 20.9. The molecule has 0 aromatic carbocycles. The van der Waals surface area contributed by atoms with E-state index in [2.05, 4.69) is 36.2 Å². The number of unbranched alkanes of at least 4 members (excludes halogenated alkanes) is 2. The molecule has 0 aromatic rings. The van der Waals surface area contributed by atoms with E-state index in [0.29, 0.717) is 0 Å². The van der Waals surface area contributed by atoms with Gasteiger partial charge >= 0.3 is 0 Å². The van der Waals surface area contributed by atoms with Crippen LogP contribution in [0.25, 0.3) is 0 Å². The van der Waals surface area contributed by atoms with Gasteiger partial charge in [-0.05, 0) is 70.9 Å². The molecule has 1 aliphatic carbocycles. The lowest BCUT2D eigenvalue weighted by atomic mass is 9.90. The summed E-state index contributed by atoms with van der Waals surface area (Å²) in [6, 6.07) is 0.844. The van der Waals surface area contributed by atoms with Crippen molar-refractivity contribution in [2.75, 3.05) is 19.6 Å². The average molecular weight is 333 g/mol. The number of allylic oxidation sites excluding steroid dienone is 3. The fraction of sp³-hybridized carbons (Fsp3) is 0.818. The molecule has 1 heterocycles. The van der Waals surface area contributed by atoms with Crippen molar-refractivity contribution in [1.82, 2.24) is 10.2 Å². The molecule has 1 atom stereocenters. The van der Waals surface area contributed by atoms with Crippen LogP contribution in [0.5, 0.6) is 0 Å². The second kappa shape index (κ2) is 11.7. The zero-order valence-corrected chi connectivity index (χ0v) is 16.3. The van der Waals surface area contributed by atoms with Crippen molar-refractivity contribution >= 4 is 0 Å². The number of hydrogen-bond donors (Lipinski definition) is 1. The molecular formula is C22H40N2. The molecular weight excluding hydrogens is 292 g/mol. The van der Waals surface area contributed by atoms with E-state index < -0.39 is 0 Å². The molecule has 0 radical (unpaired) electrons. The topological polar surface area (TPSA) is 15.3 Å². The van der Waals surface area contributed by atoms with E-state index in [9.17, 15) is 0 Å². The molecule has 0 bridgehead atoms. The molecule has 0 aromatic heterocycles. The van der Waals surface area contributed by atoms with Gasteiger partial charge < -0.3 is 10.2 Å². The van der Waals surface area contributed by atoms with Gasteiger partial charge in [-0.25, -0.2) is 0 Å². The fourth-order valence-corrected chi connectivity index (χ4v) is 4.11. The quantitative estimate of drug-likeness (QED) is 0.401. The molecule has 1 N–H and O–H groups in total. The Bertz CT molecular complexity index is 391. The molecule has 0 saturated carbocycles. The highest BCUT2D eigenvalue weighted by Crippen LogP contribution is 2.27. The minimum absolute atomic E-state index is 0.844. The molecule has 1 unspecified atom stereocenters. The van der Waals surface area contributed by atoms with Gasteiger partial charge in [0.05, 0.1) is 0 Å². The van der Waals surface area contributed by atoms with Gasteiger partial charge in [-0.15, -0.1) is 0 Å². The average Bonchev–Trinajstić information content (AvgIpc) is 2.65. The summed E-state index contributed by atoms with van der Waals surface area (Å²) in [4.78, 5) is 2.76. The standard InChI is InChI=1S/C22H40N2/c1-3-5-7-17-23-21(4-2)12-10-11-20-13-15-22(16-14-20)24-18-8-6-9-19-24/h12-13,22-23H,3-11,14-19H2,1-2H3/b21-12+. The number of piperidine rings is 1. The normalized spacial score (nSPS) is 23.2. The Morgan fingerprint density at radius 1 is 1.21 bits per heavy atom. The zero-order valence-electron chi connectivity index (χ0n) is 16.3. The Balaban J connectivity index is 1.66. The summed E-state index contributed by atoms with van der Waals surface area (Å²) in [5, 5.41) is 3.63. The van der Waals surface area contributed by atoms with Crippen molar-refractivity contribution in [3.8, 4) is 0 Å². The molecule has 1 saturated heterocycles. The third kappa shape index (κ3) is 7.01. The van der Waals surface area contributed by atoms with Gasteiger partial charge in [0.25, 0.3) is 0 Å². The van der Waals surface area contributed by atoms with Crippen molar-refractivity contribution in [2.24, 2.45) is 0 Å². The predicted octanol–water partition coefficient (Wildman–Crippen LogP) is 5.81. The number of nitrogens with zero attached hydrogens (tertiary/aromatic N) is 1. The largest absolute Gasteiger partial charge is 0.389 e. The Morgan fingerprint density at radius 2 is 2.04 bits per heavy atom. The number of likely N-dealkylation sites (tertiary alicyclic amines) is 1. The summed E-state index contributed by atoms with van der Waals surface area (Å²) in [5.74, 6) is 0. The lowest BCUT2D eigenvalue weighted by Gasteiger charge is -2.36. The summed E-state index contributed by atoms with van der Waals surface area (Å²) in [6.45, 7) is 8.38. The van der Waals surface area contributed by atoms with E-state index in [1.54, 1.807) is 5.57 Å². The van der Waals surface area contributed by atoms with Crippen molar-refractivity contribution < 1.29 is 0 Å². The predicted molar refractivity (Wildman–Crippen MR) is 106 cm³/mol. The van der Waals surface area contributed by atoms with Crippen LogP contribution in [0.2, 0.25) is 0 Å². The van der Waals surface area contributed by atoms with Crippen LogP contribution in [0.3, 0.4) is 0 Å². The summed E-state index contributed by atoms with van der Waals surface area (Å²) >= 11 is 0. The fourth-order valence-electron chi connectivity index (χ4n) is 4.11. The minimum Gasteiger partial charge on any atom is -0.389 e. The summed E-state index contributed by atoms with van der Waals surface area (Å²) in [7, 11) is 0. The SMILES string of the molecule is CCCCCN/C(=C/CCC1=CCC(N2CCCCC2)CC1)CC. The molecule has 0 spiro atoms. The maximum Gasteiger partial charge on any atom is 0.0143 e. The summed E-state index contributed by atoms with van der Waals surface area (Å²) in [5.41, 5.74) is 3.16. The van der Waals surface area contributed by atoms with Gasteiger partial charge in [-0.2, -0.15) is 0 Å². The second-order valence-electron chi connectivity index (χ2n) is 7.64. The molecule has 1 aliphatic heterocycles. The lowest BCUT2D eigenvalue weighted by Crippen LogP contribution is -2.39. The number of nitrogens with one attached hydrogen (secondary N) is 1. The first-order chi connectivity index (χ1) is 11.8. The first-order valence-corrected chi connectivity index (χ1v) is 10.7. The van der Waals surface area contributed by atoms with Gasteiger partial charge in [0, 0.05) is 18.3 Å². The highest BCUT2D eigenvalue weighted by atomic mass is 15.2. The smallest absolute Gasteiger partial charge is 0.0143 e. The summed E-state index contributed by atoms with van der Waals surface area (Å²) < 4.78 is 0. The van der Waals surface area contributed by atoms with Gasteiger partial charge in [0.2, 0.25) is 0 Å². The van der Waals surface area contributed by atoms with E-state index in [-0.39, 0.29) is 0 Å². The first-order valence-electron chi connectivity index (χ1n) is 10.7. The van der Waals surface area contributed by atoms with Crippen LogP contribution < -0.4 is 5.32 Å². The highest BCUT2D eigenvalue weighted by molar-refractivity contribution is 5.10. The van der Waals surface area contributed by atoms with E-state index in [1.807, 2.05) is 0 Å². The van der Waals surface area contributed by atoms with Gasteiger partial charge in [-0.1, -0.05) is 50.8 Å². The van der Waals surface area contributed by atoms with Crippen molar-refractivity contribution in [2.45, 2.75) is 96.9 Å². The molecule has 2 heteroatoms. The maximum atomic E-state index is 3.63.